The van der Waals surface area contributed by atoms with Crippen LogP contribution in [0.25, 0.3) is 0 Å². The Labute approximate surface area is 106 Å². The van der Waals surface area contributed by atoms with Crippen LogP contribution in [-0.4, -0.2) is 33.0 Å². The molecule has 0 amide bonds. The molecule has 0 saturated carbocycles. The van der Waals surface area contributed by atoms with Gasteiger partial charge >= 0.3 is 17.9 Å². The van der Waals surface area contributed by atoms with E-state index >= 15 is 0 Å². The van der Waals surface area contributed by atoms with Gasteiger partial charge in [-0.15, -0.1) is 0 Å². The van der Waals surface area contributed by atoms with Gasteiger partial charge in [0, 0.05) is 12.4 Å². The number of aromatic nitrogens is 2. The van der Waals surface area contributed by atoms with Crippen molar-refractivity contribution < 1.29 is 24.2 Å². The summed E-state index contributed by atoms with van der Waals surface area (Å²) in [4.78, 5) is 38.9. The molecule has 1 aromatic heterocycles. The highest BCUT2D eigenvalue weighted by atomic mass is 16.6. The molecule has 2 heterocycles. The maximum absolute atomic E-state index is 11.0. The average Bonchev–Trinajstić information content (AvgIpc) is 3.03. The van der Waals surface area contributed by atoms with Gasteiger partial charge in [0.25, 0.3) is 0 Å². The van der Waals surface area contributed by atoms with Crippen LogP contribution in [0, 0.1) is 0 Å². The van der Waals surface area contributed by atoms with Crippen LogP contribution in [0.15, 0.2) is 36.9 Å². The normalized spacial score (nSPS) is 12.2. The molecule has 0 bridgehead atoms. The highest BCUT2D eigenvalue weighted by Gasteiger charge is 2.30. The molecular formula is C12H8N2O5. The number of imidazole rings is 1. The number of hydrogen-bond acceptors (Lipinski definition) is 5. The zero-order chi connectivity index (χ0) is 13.8. The number of aromatic carboxylic acids is 1. The molecule has 0 saturated heterocycles. The summed E-state index contributed by atoms with van der Waals surface area (Å²) in [7, 11) is 0. The van der Waals surface area contributed by atoms with Crippen LogP contribution >= 0.6 is 0 Å². The van der Waals surface area contributed by atoms with Crippen LogP contribution in [0.2, 0.25) is 0 Å². The predicted molar refractivity (Wildman–Crippen MR) is 61.7 cm³/mol. The zero-order valence-corrected chi connectivity index (χ0v) is 9.49. The first-order chi connectivity index (χ1) is 9.09. The number of carboxylic acid groups (broad SMARTS) is 1. The SMILES string of the molecule is O=C(O)c1ccc2c(c1)C(=O)OC2=O.c1c[nH]cn1. The molecule has 96 valence electrons. The first-order valence-corrected chi connectivity index (χ1v) is 5.16. The van der Waals surface area contributed by atoms with Crippen LogP contribution in [0.3, 0.4) is 0 Å². The van der Waals surface area contributed by atoms with Crippen molar-refractivity contribution in [2.75, 3.05) is 0 Å². The summed E-state index contributed by atoms with van der Waals surface area (Å²) < 4.78 is 4.30. The molecule has 19 heavy (non-hydrogen) atoms. The first-order valence-electron chi connectivity index (χ1n) is 5.16. The van der Waals surface area contributed by atoms with E-state index in [1.807, 2.05) is 0 Å². The molecule has 7 nitrogen and oxygen atoms in total. The number of carbonyl (C=O) groups excluding carboxylic acids is 2. The lowest BCUT2D eigenvalue weighted by Crippen LogP contribution is -2.00. The Hall–Kier alpha value is -2.96. The number of carbonyl (C=O) groups is 3. The van der Waals surface area contributed by atoms with E-state index in [1.54, 1.807) is 18.7 Å². The lowest BCUT2D eigenvalue weighted by Gasteiger charge is -1.94. The Morgan fingerprint density at radius 1 is 1.21 bits per heavy atom. The van der Waals surface area contributed by atoms with Gasteiger partial charge in [0.2, 0.25) is 0 Å². The zero-order valence-electron chi connectivity index (χ0n) is 9.49. The minimum atomic E-state index is -1.15. The van der Waals surface area contributed by atoms with Crippen molar-refractivity contribution in [1.29, 1.82) is 0 Å². The number of rotatable bonds is 1. The van der Waals surface area contributed by atoms with Gasteiger partial charge in [0.15, 0.2) is 0 Å². The molecule has 1 aromatic carbocycles. The first kappa shape index (κ1) is 12.5. The third-order valence-corrected chi connectivity index (χ3v) is 2.30. The number of benzene rings is 1. The van der Waals surface area contributed by atoms with E-state index in [-0.39, 0.29) is 16.7 Å². The van der Waals surface area contributed by atoms with E-state index in [2.05, 4.69) is 14.7 Å². The second-order valence-corrected chi connectivity index (χ2v) is 3.50. The van der Waals surface area contributed by atoms with E-state index in [0.29, 0.717) is 0 Å². The van der Waals surface area contributed by atoms with E-state index in [0.717, 1.165) is 6.07 Å². The van der Waals surface area contributed by atoms with Crippen molar-refractivity contribution in [3.05, 3.63) is 53.6 Å². The van der Waals surface area contributed by atoms with Gasteiger partial charge in [-0.1, -0.05) is 0 Å². The van der Waals surface area contributed by atoms with Crippen molar-refractivity contribution in [3.63, 3.8) is 0 Å². The standard InChI is InChI=1S/C9H4O5.C3H4N2/c10-7(11)4-1-2-5-6(3-4)9(13)14-8(5)12;1-2-5-3-4-1/h1-3H,(H,10,11);1-3H,(H,4,5). The molecule has 3 rings (SSSR count). The summed E-state index contributed by atoms with van der Waals surface area (Å²) in [6.45, 7) is 0. The van der Waals surface area contributed by atoms with Gasteiger partial charge in [-0.3, -0.25) is 0 Å². The Morgan fingerprint density at radius 3 is 2.47 bits per heavy atom. The molecule has 2 N–H and O–H groups in total. The monoisotopic (exact) mass is 260 g/mol. The summed E-state index contributed by atoms with van der Waals surface area (Å²) in [6, 6.07) is 3.65. The third-order valence-electron chi connectivity index (χ3n) is 2.30. The fraction of sp³-hybridized carbons (Fsp3) is 0. The molecule has 0 spiro atoms. The van der Waals surface area contributed by atoms with E-state index in [4.69, 9.17) is 5.11 Å². The van der Waals surface area contributed by atoms with Gasteiger partial charge < -0.3 is 14.8 Å². The largest absolute Gasteiger partial charge is 0.478 e. The highest BCUT2D eigenvalue weighted by Crippen LogP contribution is 2.20. The topological polar surface area (TPSA) is 109 Å². The number of H-pyrrole nitrogens is 1. The number of aromatic amines is 1. The van der Waals surface area contributed by atoms with E-state index < -0.39 is 17.9 Å². The minimum Gasteiger partial charge on any atom is -0.478 e. The summed E-state index contributed by atoms with van der Waals surface area (Å²) in [5, 5.41) is 8.63. The number of nitrogens with one attached hydrogen (secondary N) is 1. The predicted octanol–water partition coefficient (Wildman–Crippen LogP) is 1.11. The van der Waals surface area contributed by atoms with Crippen molar-refractivity contribution in [2.45, 2.75) is 0 Å². The number of esters is 2. The smallest absolute Gasteiger partial charge is 0.346 e. The Bertz CT molecular complexity index is 616. The lowest BCUT2D eigenvalue weighted by molar-refractivity contribution is 0.0443. The molecule has 1 aliphatic rings. The van der Waals surface area contributed by atoms with Crippen LogP contribution in [-0.2, 0) is 4.74 Å². The number of nitrogens with zero attached hydrogens (tertiary/aromatic N) is 1. The molecule has 0 aliphatic carbocycles. The van der Waals surface area contributed by atoms with Gasteiger partial charge in [0.05, 0.1) is 23.0 Å². The molecule has 0 radical (unpaired) electrons. The summed E-state index contributed by atoms with van der Waals surface area (Å²) in [5.41, 5.74) is 0.0744. The van der Waals surface area contributed by atoms with Crippen molar-refractivity contribution >= 4 is 17.9 Å². The Balaban J connectivity index is 0.000000224. The minimum absolute atomic E-state index is 0.00917. The van der Waals surface area contributed by atoms with Gasteiger partial charge in [-0.25, -0.2) is 19.4 Å². The third kappa shape index (κ3) is 2.65. The molecule has 2 aromatic rings. The fourth-order valence-corrected chi connectivity index (χ4v) is 1.43. The number of carboxylic acids is 1. The second-order valence-electron chi connectivity index (χ2n) is 3.50. The summed E-state index contributed by atoms with van der Waals surface area (Å²) in [5.74, 6) is -2.69. The molecule has 0 atom stereocenters. The van der Waals surface area contributed by atoms with Crippen LogP contribution < -0.4 is 0 Å². The Morgan fingerprint density at radius 2 is 1.95 bits per heavy atom. The average molecular weight is 260 g/mol. The fourth-order valence-electron chi connectivity index (χ4n) is 1.43. The summed E-state index contributed by atoms with van der Waals surface area (Å²) in [6.07, 6.45) is 5.08. The highest BCUT2D eigenvalue weighted by molar-refractivity contribution is 6.15. The van der Waals surface area contributed by atoms with Crippen molar-refractivity contribution in [2.24, 2.45) is 0 Å². The van der Waals surface area contributed by atoms with Crippen molar-refractivity contribution in [1.82, 2.24) is 9.97 Å². The molecule has 1 aliphatic heterocycles. The Kier molecular flexibility index (Phi) is 3.37. The quantitative estimate of drug-likeness (QED) is 0.587. The maximum Gasteiger partial charge on any atom is 0.346 e. The summed E-state index contributed by atoms with van der Waals surface area (Å²) >= 11 is 0. The number of cyclic esters (lactones) is 2. The lowest BCUT2D eigenvalue weighted by atomic mass is 10.1. The molecule has 7 heteroatoms. The van der Waals surface area contributed by atoms with E-state index in [1.165, 1.54) is 12.1 Å². The van der Waals surface area contributed by atoms with E-state index in [9.17, 15) is 14.4 Å². The van der Waals surface area contributed by atoms with Crippen LogP contribution in [0.5, 0.6) is 0 Å². The van der Waals surface area contributed by atoms with Crippen LogP contribution in [0.4, 0.5) is 0 Å². The van der Waals surface area contributed by atoms with Gasteiger partial charge in [0.1, 0.15) is 0 Å². The maximum atomic E-state index is 11.0. The molecule has 0 fully saturated rings. The van der Waals surface area contributed by atoms with Crippen molar-refractivity contribution in [3.8, 4) is 0 Å². The van der Waals surface area contributed by atoms with Gasteiger partial charge in [-0.2, -0.15) is 0 Å². The second kappa shape index (κ2) is 5.13. The van der Waals surface area contributed by atoms with Crippen LogP contribution in [0.1, 0.15) is 31.1 Å². The molecular weight excluding hydrogens is 252 g/mol. The molecule has 0 unspecified atom stereocenters. The number of fused-ring (bicyclic) bond motifs is 1. The van der Waals surface area contributed by atoms with Gasteiger partial charge in [-0.05, 0) is 18.2 Å². The number of ether oxygens (including phenoxy) is 1. The number of hydrogen-bond donors (Lipinski definition) is 2.